The first-order chi connectivity index (χ1) is 15.3. The number of imidazole rings is 1. The molecule has 0 fully saturated rings. The van der Waals surface area contributed by atoms with Crippen LogP contribution in [-0.4, -0.2) is 49.7 Å². The van der Waals surface area contributed by atoms with E-state index in [1.807, 2.05) is 19.0 Å². The van der Waals surface area contributed by atoms with Crippen LogP contribution in [-0.2, 0) is 6.54 Å². The SMILES string of the molecule is CN(C)Cc1nccn1-c1ccc(NC(=O)c2c(O)[nH]c(-c3ccccc3)c2O)c(F)c1. The van der Waals surface area contributed by atoms with E-state index in [4.69, 9.17) is 0 Å². The van der Waals surface area contributed by atoms with Crippen molar-refractivity contribution in [1.29, 1.82) is 0 Å². The van der Waals surface area contributed by atoms with Crippen molar-refractivity contribution in [2.75, 3.05) is 19.4 Å². The van der Waals surface area contributed by atoms with E-state index in [-0.39, 0.29) is 16.9 Å². The number of carbonyl (C=O) groups is 1. The topological polar surface area (TPSA) is 106 Å². The van der Waals surface area contributed by atoms with Crippen LogP contribution in [0.1, 0.15) is 16.2 Å². The monoisotopic (exact) mass is 435 g/mol. The molecule has 2 aromatic heterocycles. The van der Waals surface area contributed by atoms with Gasteiger partial charge in [-0.1, -0.05) is 30.3 Å². The minimum atomic E-state index is -0.846. The zero-order chi connectivity index (χ0) is 22.8. The van der Waals surface area contributed by atoms with E-state index in [0.29, 0.717) is 17.8 Å². The van der Waals surface area contributed by atoms with Gasteiger partial charge in [0.2, 0.25) is 5.88 Å². The molecule has 0 aliphatic carbocycles. The third-order valence-corrected chi connectivity index (χ3v) is 4.90. The Balaban J connectivity index is 1.59. The maximum absolute atomic E-state index is 14.8. The fraction of sp³-hybridized carbons (Fsp3) is 0.130. The zero-order valence-corrected chi connectivity index (χ0v) is 17.5. The number of amides is 1. The van der Waals surface area contributed by atoms with Crippen LogP contribution < -0.4 is 5.32 Å². The highest BCUT2D eigenvalue weighted by molar-refractivity contribution is 6.09. The lowest BCUT2D eigenvalue weighted by Gasteiger charge is -2.13. The summed E-state index contributed by atoms with van der Waals surface area (Å²) in [5.74, 6) is -1.71. The summed E-state index contributed by atoms with van der Waals surface area (Å²) < 4.78 is 16.5. The van der Waals surface area contributed by atoms with E-state index < -0.39 is 23.4 Å². The Bertz CT molecular complexity index is 1260. The summed E-state index contributed by atoms with van der Waals surface area (Å²) in [4.78, 5) is 21.5. The fourth-order valence-electron chi connectivity index (χ4n) is 3.42. The lowest BCUT2D eigenvalue weighted by Crippen LogP contribution is -2.15. The number of aromatic nitrogens is 3. The van der Waals surface area contributed by atoms with E-state index >= 15 is 0 Å². The number of H-pyrrole nitrogens is 1. The van der Waals surface area contributed by atoms with Crippen LogP contribution in [0.3, 0.4) is 0 Å². The molecule has 0 atom stereocenters. The van der Waals surface area contributed by atoms with Gasteiger partial charge in [-0.05, 0) is 26.2 Å². The van der Waals surface area contributed by atoms with Gasteiger partial charge in [0.05, 0.1) is 17.9 Å². The molecule has 0 unspecified atom stereocenters. The molecule has 0 radical (unpaired) electrons. The lowest BCUT2D eigenvalue weighted by atomic mass is 10.1. The molecule has 0 bridgehead atoms. The van der Waals surface area contributed by atoms with Gasteiger partial charge >= 0.3 is 0 Å². The van der Waals surface area contributed by atoms with Crippen molar-refractivity contribution in [2.24, 2.45) is 0 Å². The number of anilines is 1. The zero-order valence-electron chi connectivity index (χ0n) is 17.5. The minimum absolute atomic E-state index is 0.0886. The largest absolute Gasteiger partial charge is 0.505 e. The molecule has 2 heterocycles. The van der Waals surface area contributed by atoms with Gasteiger partial charge in [-0.25, -0.2) is 9.37 Å². The molecule has 0 saturated carbocycles. The molecule has 2 aromatic carbocycles. The van der Waals surface area contributed by atoms with Gasteiger partial charge in [0, 0.05) is 29.7 Å². The molecule has 0 aliphatic heterocycles. The van der Waals surface area contributed by atoms with E-state index in [1.165, 1.54) is 12.1 Å². The number of hydrogen-bond donors (Lipinski definition) is 4. The van der Waals surface area contributed by atoms with Crippen molar-refractivity contribution in [3.05, 3.63) is 78.1 Å². The second-order valence-electron chi connectivity index (χ2n) is 7.51. The Morgan fingerprint density at radius 2 is 1.94 bits per heavy atom. The van der Waals surface area contributed by atoms with Crippen LogP contribution in [0.2, 0.25) is 0 Å². The maximum atomic E-state index is 14.8. The Labute approximate surface area is 183 Å². The predicted molar refractivity (Wildman–Crippen MR) is 118 cm³/mol. The number of hydrogen-bond acceptors (Lipinski definition) is 5. The fourth-order valence-corrected chi connectivity index (χ4v) is 3.42. The summed E-state index contributed by atoms with van der Waals surface area (Å²) in [6.07, 6.45) is 3.36. The normalized spacial score (nSPS) is 11.1. The summed E-state index contributed by atoms with van der Waals surface area (Å²) in [7, 11) is 3.82. The summed E-state index contributed by atoms with van der Waals surface area (Å²) in [6, 6.07) is 13.1. The average molecular weight is 435 g/mol. The Hall–Kier alpha value is -4.11. The number of aromatic amines is 1. The predicted octanol–water partition coefficient (Wildman–Crippen LogP) is 3.73. The summed E-state index contributed by atoms with van der Waals surface area (Å²) in [6.45, 7) is 0.572. The van der Waals surface area contributed by atoms with Crippen molar-refractivity contribution in [1.82, 2.24) is 19.4 Å². The van der Waals surface area contributed by atoms with Gasteiger partial charge < -0.3 is 30.0 Å². The Morgan fingerprint density at radius 1 is 1.19 bits per heavy atom. The number of aromatic hydroxyl groups is 2. The van der Waals surface area contributed by atoms with Crippen molar-refractivity contribution < 1.29 is 19.4 Å². The second kappa shape index (κ2) is 8.56. The van der Waals surface area contributed by atoms with Gasteiger partial charge in [-0.15, -0.1) is 0 Å². The van der Waals surface area contributed by atoms with Crippen LogP contribution in [0.4, 0.5) is 10.1 Å². The summed E-state index contributed by atoms with van der Waals surface area (Å²) in [5.41, 5.74) is 0.874. The third kappa shape index (κ3) is 4.06. The van der Waals surface area contributed by atoms with Gasteiger partial charge in [0.1, 0.15) is 17.2 Å². The number of nitrogens with zero attached hydrogens (tertiary/aromatic N) is 3. The number of carbonyl (C=O) groups excluding carboxylic acids is 1. The van der Waals surface area contributed by atoms with Crippen LogP contribution in [0, 0.1) is 5.82 Å². The Morgan fingerprint density at radius 3 is 2.62 bits per heavy atom. The molecule has 0 aliphatic rings. The molecule has 4 N–H and O–H groups in total. The molecular formula is C23H22FN5O3. The van der Waals surface area contributed by atoms with Crippen molar-refractivity contribution in [3.8, 4) is 28.6 Å². The Kier molecular flexibility index (Phi) is 5.65. The minimum Gasteiger partial charge on any atom is -0.505 e. The molecule has 4 aromatic rings. The smallest absolute Gasteiger partial charge is 0.265 e. The van der Waals surface area contributed by atoms with Crippen molar-refractivity contribution in [3.63, 3.8) is 0 Å². The first-order valence-electron chi connectivity index (χ1n) is 9.82. The lowest BCUT2D eigenvalue weighted by molar-refractivity contribution is 0.102. The van der Waals surface area contributed by atoms with Crippen LogP contribution in [0.15, 0.2) is 60.9 Å². The van der Waals surface area contributed by atoms with E-state index in [1.54, 1.807) is 53.4 Å². The molecule has 1 amide bonds. The quantitative estimate of drug-likeness (QED) is 0.369. The molecule has 164 valence electrons. The van der Waals surface area contributed by atoms with Gasteiger partial charge in [0.15, 0.2) is 5.75 Å². The first-order valence-corrected chi connectivity index (χ1v) is 9.82. The van der Waals surface area contributed by atoms with E-state index in [9.17, 15) is 19.4 Å². The van der Waals surface area contributed by atoms with Crippen molar-refractivity contribution in [2.45, 2.75) is 6.54 Å². The maximum Gasteiger partial charge on any atom is 0.265 e. The van der Waals surface area contributed by atoms with E-state index in [0.717, 1.165) is 5.82 Å². The standard InChI is InChI=1S/C23H22FN5O3/c1-28(2)13-18-25-10-11-29(18)15-8-9-17(16(24)12-15)26-22(31)19-21(30)20(27-23(19)32)14-6-4-3-5-7-14/h3-12,27,30,32H,13H2,1-2H3,(H,26,31). The van der Waals surface area contributed by atoms with Gasteiger partial charge in [-0.3, -0.25) is 4.79 Å². The van der Waals surface area contributed by atoms with Gasteiger partial charge in [0.25, 0.3) is 5.91 Å². The average Bonchev–Trinajstić information content (AvgIpc) is 3.33. The molecule has 8 nitrogen and oxygen atoms in total. The molecule has 0 spiro atoms. The van der Waals surface area contributed by atoms with Gasteiger partial charge in [-0.2, -0.15) is 0 Å². The number of halogens is 1. The molecule has 32 heavy (non-hydrogen) atoms. The van der Waals surface area contributed by atoms with E-state index in [2.05, 4.69) is 15.3 Å². The highest BCUT2D eigenvalue weighted by atomic mass is 19.1. The molecular weight excluding hydrogens is 413 g/mol. The molecule has 4 rings (SSSR count). The van der Waals surface area contributed by atoms with Crippen LogP contribution in [0.5, 0.6) is 11.6 Å². The summed E-state index contributed by atoms with van der Waals surface area (Å²) >= 11 is 0. The number of rotatable bonds is 6. The molecule has 9 heteroatoms. The van der Waals surface area contributed by atoms with Crippen molar-refractivity contribution >= 4 is 11.6 Å². The first kappa shape index (κ1) is 21.1. The third-order valence-electron chi connectivity index (χ3n) is 4.90. The highest BCUT2D eigenvalue weighted by Crippen LogP contribution is 2.37. The number of nitrogens with one attached hydrogen (secondary N) is 2. The highest BCUT2D eigenvalue weighted by Gasteiger charge is 2.24. The number of benzene rings is 2. The second-order valence-corrected chi connectivity index (χ2v) is 7.51. The van der Waals surface area contributed by atoms with Crippen LogP contribution >= 0.6 is 0 Å². The molecule has 0 saturated heterocycles. The van der Waals surface area contributed by atoms with Crippen LogP contribution in [0.25, 0.3) is 16.9 Å². The summed E-state index contributed by atoms with van der Waals surface area (Å²) in [5, 5.41) is 23.1.